The minimum atomic E-state index is -0.782. The zero-order chi connectivity index (χ0) is 13.9. The first-order valence-corrected chi connectivity index (χ1v) is 7.07. The third-order valence-corrected chi connectivity index (χ3v) is 4.82. The number of carboxylic acid groups (broad SMARTS) is 1. The van der Waals surface area contributed by atoms with Crippen LogP contribution in [0.3, 0.4) is 0 Å². The van der Waals surface area contributed by atoms with Gasteiger partial charge in [0.25, 0.3) is 0 Å². The Morgan fingerprint density at radius 2 is 1.79 bits per heavy atom. The molecule has 0 aromatic heterocycles. The summed E-state index contributed by atoms with van der Waals surface area (Å²) in [6.07, 6.45) is 6.48. The molecule has 0 bridgehead atoms. The van der Waals surface area contributed by atoms with Crippen LogP contribution in [0, 0.1) is 5.41 Å². The average molecular weight is 269 g/mol. The number of hydrogen-bond donors (Lipinski definition) is 2. The summed E-state index contributed by atoms with van der Waals surface area (Å²) >= 11 is 0. The van der Waals surface area contributed by atoms with E-state index in [2.05, 4.69) is 5.32 Å². The molecule has 0 aromatic carbocycles. The normalized spacial score (nSPS) is 23.6. The average Bonchev–Trinajstić information content (AvgIpc) is 2.81. The van der Waals surface area contributed by atoms with Crippen LogP contribution in [0.15, 0.2) is 0 Å². The monoisotopic (exact) mass is 269 g/mol. The van der Waals surface area contributed by atoms with Crippen LogP contribution in [-0.2, 0) is 14.3 Å². The highest BCUT2D eigenvalue weighted by atomic mass is 16.5. The highest BCUT2D eigenvalue weighted by Crippen LogP contribution is 2.39. The zero-order valence-corrected chi connectivity index (χ0v) is 11.5. The van der Waals surface area contributed by atoms with Crippen molar-refractivity contribution in [2.45, 2.75) is 57.0 Å². The molecular weight excluding hydrogens is 246 g/mol. The maximum absolute atomic E-state index is 11.9. The van der Waals surface area contributed by atoms with Gasteiger partial charge in [-0.2, -0.15) is 0 Å². The van der Waals surface area contributed by atoms with Gasteiger partial charge in [0.1, 0.15) is 0 Å². The first-order chi connectivity index (χ1) is 9.02. The van der Waals surface area contributed by atoms with E-state index >= 15 is 0 Å². The second-order valence-electron chi connectivity index (χ2n) is 5.99. The topological polar surface area (TPSA) is 75.6 Å². The van der Waals surface area contributed by atoms with Crippen LogP contribution in [0.5, 0.6) is 0 Å². The Morgan fingerprint density at radius 1 is 1.16 bits per heavy atom. The highest BCUT2D eigenvalue weighted by Gasteiger charge is 2.43. The van der Waals surface area contributed by atoms with E-state index in [0.29, 0.717) is 19.3 Å². The summed E-state index contributed by atoms with van der Waals surface area (Å²) < 4.78 is 5.41. The lowest BCUT2D eigenvalue weighted by atomic mass is 9.77. The largest absolute Gasteiger partial charge is 0.481 e. The fourth-order valence-corrected chi connectivity index (χ4v) is 3.17. The molecule has 0 spiro atoms. The van der Waals surface area contributed by atoms with E-state index in [9.17, 15) is 14.7 Å². The highest BCUT2D eigenvalue weighted by molar-refractivity contribution is 5.80. The Bertz CT molecular complexity index is 351. The molecule has 0 heterocycles. The molecule has 0 aliphatic heterocycles. The van der Waals surface area contributed by atoms with Crippen molar-refractivity contribution in [2.75, 3.05) is 13.7 Å². The van der Waals surface area contributed by atoms with Gasteiger partial charge in [-0.1, -0.05) is 12.8 Å². The van der Waals surface area contributed by atoms with Crippen LogP contribution in [-0.4, -0.2) is 36.2 Å². The first-order valence-electron chi connectivity index (χ1n) is 7.07. The maximum atomic E-state index is 11.9. The van der Waals surface area contributed by atoms with Gasteiger partial charge in [0.05, 0.1) is 17.4 Å². The summed E-state index contributed by atoms with van der Waals surface area (Å²) in [5.41, 5.74) is -1.04. The molecule has 0 atom stereocenters. The van der Waals surface area contributed by atoms with Crippen molar-refractivity contribution in [3.8, 4) is 0 Å². The van der Waals surface area contributed by atoms with Gasteiger partial charge in [-0.05, 0) is 32.1 Å². The Kier molecular flexibility index (Phi) is 4.13. The van der Waals surface area contributed by atoms with Crippen molar-refractivity contribution in [3.05, 3.63) is 0 Å². The number of carboxylic acids is 1. The number of ether oxygens (including phenoxy) is 1. The molecule has 2 aliphatic carbocycles. The van der Waals surface area contributed by atoms with Gasteiger partial charge in [-0.15, -0.1) is 0 Å². The molecule has 5 heteroatoms. The number of nitrogens with one attached hydrogen (secondary N) is 1. The molecule has 2 N–H and O–H groups in total. The quantitative estimate of drug-likeness (QED) is 0.769. The third kappa shape index (κ3) is 2.91. The fraction of sp³-hybridized carbons (Fsp3) is 0.857. The maximum Gasteiger partial charge on any atom is 0.311 e. The van der Waals surface area contributed by atoms with Crippen LogP contribution >= 0.6 is 0 Å². The molecule has 0 aromatic rings. The summed E-state index contributed by atoms with van der Waals surface area (Å²) in [6.45, 7) is 0.251. The summed E-state index contributed by atoms with van der Waals surface area (Å²) in [6, 6.07) is 0. The SMILES string of the molecule is COC1(CC(=O)NCC2(C(=O)O)CCCC2)CCC1. The number of carbonyl (C=O) groups excluding carboxylic acids is 1. The van der Waals surface area contributed by atoms with Gasteiger partial charge >= 0.3 is 5.97 Å². The van der Waals surface area contributed by atoms with Crippen LogP contribution < -0.4 is 5.32 Å². The fourth-order valence-electron chi connectivity index (χ4n) is 3.17. The molecule has 0 radical (unpaired) electrons. The van der Waals surface area contributed by atoms with E-state index in [1.54, 1.807) is 7.11 Å². The number of rotatable bonds is 6. The Morgan fingerprint density at radius 3 is 2.21 bits per heavy atom. The van der Waals surface area contributed by atoms with Gasteiger partial charge < -0.3 is 15.2 Å². The molecule has 2 saturated carbocycles. The van der Waals surface area contributed by atoms with Crippen LogP contribution in [0.2, 0.25) is 0 Å². The van der Waals surface area contributed by atoms with E-state index in [-0.39, 0.29) is 18.1 Å². The third-order valence-electron chi connectivity index (χ3n) is 4.82. The molecule has 0 saturated heterocycles. The molecule has 2 fully saturated rings. The van der Waals surface area contributed by atoms with Crippen LogP contribution in [0.25, 0.3) is 0 Å². The first kappa shape index (κ1) is 14.3. The molecule has 1 amide bonds. The van der Waals surface area contributed by atoms with Gasteiger partial charge in [-0.25, -0.2) is 0 Å². The Labute approximate surface area is 113 Å². The van der Waals surface area contributed by atoms with Crippen molar-refractivity contribution >= 4 is 11.9 Å². The Balaban J connectivity index is 1.84. The van der Waals surface area contributed by atoms with E-state index in [0.717, 1.165) is 32.1 Å². The van der Waals surface area contributed by atoms with Crippen molar-refractivity contribution in [3.63, 3.8) is 0 Å². The van der Waals surface area contributed by atoms with Gasteiger partial charge in [0, 0.05) is 13.7 Å². The predicted octanol–water partition coefficient (Wildman–Crippen LogP) is 1.71. The number of amides is 1. The number of carbonyl (C=O) groups is 2. The van der Waals surface area contributed by atoms with Crippen molar-refractivity contribution in [1.29, 1.82) is 0 Å². The number of hydrogen-bond acceptors (Lipinski definition) is 3. The standard InChI is InChI=1S/C14H23NO4/c1-19-14(7-4-8-14)9-11(16)15-10-13(12(17)18)5-2-3-6-13/h2-10H2,1H3,(H,15,16)(H,17,18). The lowest BCUT2D eigenvalue weighted by Crippen LogP contribution is -2.47. The number of methoxy groups -OCH3 is 1. The molecule has 19 heavy (non-hydrogen) atoms. The smallest absolute Gasteiger partial charge is 0.311 e. The van der Waals surface area contributed by atoms with E-state index in [1.807, 2.05) is 0 Å². The van der Waals surface area contributed by atoms with Crippen molar-refractivity contribution in [1.82, 2.24) is 5.32 Å². The van der Waals surface area contributed by atoms with Crippen LogP contribution in [0.4, 0.5) is 0 Å². The zero-order valence-electron chi connectivity index (χ0n) is 11.5. The summed E-state index contributed by atoms with van der Waals surface area (Å²) in [4.78, 5) is 23.3. The van der Waals surface area contributed by atoms with Gasteiger partial charge in [-0.3, -0.25) is 9.59 Å². The van der Waals surface area contributed by atoms with Crippen molar-refractivity contribution < 1.29 is 19.4 Å². The van der Waals surface area contributed by atoms with E-state index in [4.69, 9.17) is 4.74 Å². The van der Waals surface area contributed by atoms with E-state index in [1.165, 1.54) is 0 Å². The molecule has 2 aliphatic rings. The van der Waals surface area contributed by atoms with Gasteiger partial charge in [0.15, 0.2) is 0 Å². The van der Waals surface area contributed by atoms with Gasteiger partial charge in [0.2, 0.25) is 5.91 Å². The summed E-state index contributed by atoms with van der Waals surface area (Å²) in [5.74, 6) is -0.871. The second kappa shape index (κ2) is 5.49. The summed E-state index contributed by atoms with van der Waals surface area (Å²) in [5, 5.41) is 12.1. The summed E-state index contributed by atoms with van der Waals surface area (Å²) in [7, 11) is 1.64. The minimum Gasteiger partial charge on any atom is -0.481 e. The molecular formula is C14H23NO4. The molecule has 5 nitrogen and oxygen atoms in total. The second-order valence-corrected chi connectivity index (χ2v) is 5.99. The van der Waals surface area contributed by atoms with E-state index < -0.39 is 11.4 Å². The molecule has 0 unspecified atom stereocenters. The number of aliphatic carboxylic acids is 1. The van der Waals surface area contributed by atoms with Crippen LogP contribution in [0.1, 0.15) is 51.4 Å². The molecule has 108 valence electrons. The lowest BCUT2D eigenvalue weighted by molar-refractivity contribution is -0.148. The minimum absolute atomic E-state index is 0.0888. The molecule has 2 rings (SSSR count). The Hall–Kier alpha value is -1.10. The van der Waals surface area contributed by atoms with Crippen molar-refractivity contribution in [2.24, 2.45) is 5.41 Å². The predicted molar refractivity (Wildman–Crippen MR) is 69.8 cm³/mol. The lowest BCUT2D eigenvalue weighted by Gasteiger charge is -2.40.